The molecule has 2 atom stereocenters. The number of carbonyl (C=O) groups excluding carboxylic acids is 1. The van der Waals surface area contributed by atoms with Crippen LogP contribution in [0.5, 0.6) is 0 Å². The molecular weight excluding hydrogens is 526 g/mol. The molecule has 1 saturated heterocycles. The second-order valence-corrected chi connectivity index (χ2v) is 14.5. The van der Waals surface area contributed by atoms with E-state index in [9.17, 15) is 27.3 Å². The Hall–Kier alpha value is -3.00. The SMILES string of the molecule is CC(C)(C)c1nc(-c2ccc(N3CCS(=O)(=O)CC3)cc2)c([C@@H]2CCC(F)(F)C[C@H]2C(=O)NC2(C#N)CC2)o1. The molecule has 8 nitrogen and oxygen atoms in total. The molecule has 1 aromatic heterocycles. The van der Waals surface area contributed by atoms with Gasteiger partial charge in [0.25, 0.3) is 0 Å². The van der Waals surface area contributed by atoms with E-state index < -0.39 is 50.9 Å². The van der Waals surface area contributed by atoms with Gasteiger partial charge in [-0.3, -0.25) is 4.79 Å². The molecule has 1 N–H and O–H groups in total. The molecule has 2 aromatic rings. The van der Waals surface area contributed by atoms with Gasteiger partial charge in [0.1, 0.15) is 17.0 Å². The van der Waals surface area contributed by atoms with E-state index in [1.807, 2.05) is 49.9 Å². The molecule has 0 unspecified atom stereocenters. The van der Waals surface area contributed by atoms with Crippen molar-refractivity contribution in [1.82, 2.24) is 10.3 Å². The van der Waals surface area contributed by atoms with Crippen molar-refractivity contribution in [3.8, 4) is 17.3 Å². The van der Waals surface area contributed by atoms with E-state index in [2.05, 4.69) is 11.4 Å². The van der Waals surface area contributed by atoms with Crippen LogP contribution in [0.15, 0.2) is 28.7 Å². The monoisotopic (exact) mass is 560 g/mol. The summed E-state index contributed by atoms with van der Waals surface area (Å²) in [5, 5.41) is 12.2. The second kappa shape index (κ2) is 9.58. The van der Waals surface area contributed by atoms with Crippen LogP contribution in [-0.2, 0) is 20.0 Å². The first-order valence-electron chi connectivity index (χ1n) is 13.4. The van der Waals surface area contributed by atoms with E-state index in [1.54, 1.807) is 0 Å². The van der Waals surface area contributed by atoms with Crippen LogP contribution in [0, 0.1) is 17.2 Å². The van der Waals surface area contributed by atoms with Gasteiger partial charge in [0.05, 0.1) is 23.5 Å². The number of nitrogens with zero attached hydrogens (tertiary/aromatic N) is 3. The minimum Gasteiger partial charge on any atom is -0.444 e. The normalized spacial score (nSPS) is 25.5. The number of rotatable bonds is 5. The van der Waals surface area contributed by atoms with Crippen molar-refractivity contribution in [3.63, 3.8) is 0 Å². The Morgan fingerprint density at radius 3 is 2.36 bits per heavy atom. The summed E-state index contributed by atoms with van der Waals surface area (Å²) in [5.41, 5.74) is 0.711. The van der Waals surface area contributed by atoms with Crippen LogP contribution in [0.1, 0.15) is 70.4 Å². The van der Waals surface area contributed by atoms with Crippen molar-refractivity contribution in [2.24, 2.45) is 5.92 Å². The lowest BCUT2D eigenvalue weighted by Gasteiger charge is -2.35. The first-order valence-corrected chi connectivity index (χ1v) is 15.2. The highest BCUT2D eigenvalue weighted by molar-refractivity contribution is 7.91. The third kappa shape index (κ3) is 5.81. The first kappa shape index (κ1) is 27.6. The highest BCUT2D eigenvalue weighted by atomic mass is 32.2. The summed E-state index contributed by atoms with van der Waals surface area (Å²) in [5.74, 6) is -4.13. The maximum absolute atomic E-state index is 14.6. The largest absolute Gasteiger partial charge is 0.444 e. The standard InChI is InChI=1S/C28H34F2N4O4S/c1-26(2,3)25-32-22(18-4-6-19(7-5-18)34-12-14-39(36,37)15-13-34)23(38-25)20-8-9-28(29,30)16-21(20)24(35)33-27(17-31)10-11-27/h4-7,20-21H,8-16H2,1-3H3,(H,33,35)/t20-,21-/m1/s1. The fourth-order valence-electron chi connectivity index (χ4n) is 5.35. The van der Waals surface area contributed by atoms with E-state index in [1.165, 1.54) is 0 Å². The zero-order chi connectivity index (χ0) is 28.2. The van der Waals surface area contributed by atoms with Gasteiger partial charge in [0.15, 0.2) is 15.7 Å². The van der Waals surface area contributed by atoms with E-state index in [4.69, 9.17) is 9.40 Å². The molecule has 2 saturated carbocycles. The van der Waals surface area contributed by atoms with Crippen molar-refractivity contribution < 1.29 is 26.4 Å². The summed E-state index contributed by atoms with van der Waals surface area (Å²) in [6.45, 7) is 6.68. The average Bonchev–Trinajstić information content (AvgIpc) is 3.49. The maximum Gasteiger partial charge on any atom is 0.249 e. The predicted molar refractivity (Wildman–Crippen MR) is 142 cm³/mol. The van der Waals surface area contributed by atoms with Crippen LogP contribution in [-0.4, -0.2) is 55.4 Å². The van der Waals surface area contributed by atoms with E-state index in [0.717, 1.165) is 11.3 Å². The number of oxazole rings is 1. The number of carbonyl (C=O) groups is 1. The van der Waals surface area contributed by atoms with Crippen molar-refractivity contribution >= 4 is 21.4 Å². The van der Waals surface area contributed by atoms with Crippen molar-refractivity contribution in [1.29, 1.82) is 5.26 Å². The number of hydrogen-bond donors (Lipinski definition) is 1. The zero-order valence-corrected chi connectivity index (χ0v) is 23.3. The lowest BCUT2D eigenvalue weighted by atomic mass is 9.74. The Kier molecular flexibility index (Phi) is 6.77. The molecule has 3 aliphatic rings. The Balaban J connectivity index is 1.49. The van der Waals surface area contributed by atoms with E-state index >= 15 is 0 Å². The van der Waals surface area contributed by atoms with Crippen molar-refractivity contribution in [3.05, 3.63) is 35.9 Å². The van der Waals surface area contributed by atoms with Gasteiger partial charge >= 0.3 is 0 Å². The van der Waals surface area contributed by atoms with Crippen LogP contribution in [0.3, 0.4) is 0 Å². The number of nitriles is 1. The molecule has 39 heavy (non-hydrogen) atoms. The number of aromatic nitrogens is 1. The molecule has 11 heteroatoms. The zero-order valence-electron chi connectivity index (χ0n) is 22.5. The fourth-order valence-corrected chi connectivity index (χ4v) is 6.55. The molecular formula is C28H34F2N4O4S. The Morgan fingerprint density at radius 1 is 1.15 bits per heavy atom. The highest BCUT2D eigenvalue weighted by Crippen LogP contribution is 2.49. The molecule has 3 fully saturated rings. The van der Waals surface area contributed by atoms with E-state index in [-0.39, 0.29) is 24.3 Å². The van der Waals surface area contributed by atoms with Crippen LogP contribution in [0.25, 0.3) is 11.3 Å². The van der Waals surface area contributed by atoms with Gasteiger partial charge in [0.2, 0.25) is 11.8 Å². The number of halogens is 2. The second-order valence-electron chi connectivity index (χ2n) is 12.2. The summed E-state index contributed by atoms with van der Waals surface area (Å²) in [6, 6.07) is 9.63. The Bertz CT molecular complexity index is 1390. The molecule has 0 radical (unpaired) electrons. The van der Waals surface area contributed by atoms with Crippen LogP contribution < -0.4 is 10.2 Å². The minimum atomic E-state index is -3.00. The molecule has 210 valence electrons. The van der Waals surface area contributed by atoms with Gasteiger partial charge in [-0.1, -0.05) is 32.9 Å². The smallest absolute Gasteiger partial charge is 0.249 e. The highest BCUT2D eigenvalue weighted by Gasteiger charge is 2.51. The number of nitrogens with one attached hydrogen (secondary N) is 1. The summed E-state index contributed by atoms with van der Waals surface area (Å²) in [6.07, 6.45) is 0.0935. The minimum absolute atomic E-state index is 0.0523. The first-order chi connectivity index (χ1) is 18.2. The van der Waals surface area contributed by atoms with Gasteiger partial charge < -0.3 is 14.6 Å². The summed E-state index contributed by atoms with van der Waals surface area (Å²) in [7, 11) is -3.00. The fraction of sp³-hybridized carbons (Fsp3) is 0.607. The van der Waals surface area contributed by atoms with Gasteiger partial charge in [-0.2, -0.15) is 5.26 Å². The lowest BCUT2D eigenvalue weighted by molar-refractivity contribution is -0.134. The summed E-state index contributed by atoms with van der Waals surface area (Å²) < 4.78 is 59.1. The predicted octanol–water partition coefficient (Wildman–Crippen LogP) is 4.57. The Labute approximate surface area is 227 Å². The Morgan fingerprint density at radius 2 is 1.79 bits per heavy atom. The molecule has 2 aliphatic carbocycles. The molecule has 1 amide bonds. The van der Waals surface area contributed by atoms with Gasteiger partial charge in [-0.15, -0.1) is 0 Å². The molecule has 2 heterocycles. The van der Waals surface area contributed by atoms with Gasteiger partial charge in [-0.25, -0.2) is 22.2 Å². The molecule has 0 spiro atoms. The van der Waals surface area contributed by atoms with Crippen molar-refractivity contribution in [2.75, 3.05) is 29.5 Å². The number of amides is 1. The average molecular weight is 561 g/mol. The maximum atomic E-state index is 14.6. The van der Waals surface area contributed by atoms with E-state index in [0.29, 0.717) is 43.3 Å². The topological polar surface area (TPSA) is 116 Å². The van der Waals surface area contributed by atoms with Crippen molar-refractivity contribution in [2.45, 2.75) is 75.7 Å². The molecule has 5 rings (SSSR count). The van der Waals surface area contributed by atoms with Crippen LogP contribution in [0.2, 0.25) is 0 Å². The summed E-state index contributed by atoms with van der Waals surface area (Å²) in [4.78, 5) is 20.1. The number of anilines is 1. The third-order valence-corrected chi connectivity index (χ3v) is 9.58. The van der Waals surface area contributed by atoms with Crippen LogP contribution >= 0.6 is 0 Å². The lowest BCUT2D eigenvalue weighted by Crippen LogP contribution is -2.45. The van der Waals surface area contributed by atoms with Gasteiger partial charge in [0, 0.05) is 48.5 Å². The quantitative estimate of drug-likeness (QED) is 0.570. The van der Waals surface area contributed by atoms with Gasteiger partial charge in [-0.05, 0) is 31.4 Å². The number of sulfone groups is 1. The molecule has 1 aliphatic heterocycles. The molecule has 0 bridgehead atoms. The van der Waals surface area contributed by atoms with Crippen LogP contribution in [0.4, 0.5) is 14.5 Å². The summed E-state index contributed by atoms with van der Waals surface area (Å²) >= 11 is 0. The number of benzene rings is 1. The number of hydrogen-bond acceptors (Lipinski definition) is 7. The third-order valence-electron chi connectivity index (χ3n) is 7.97. The molecule has 1 aromatic carbocycles. The number of alkyl halides is 2.